The molecule has 4 heteroatoms. The Balaban J connectivity index is 1.64. The third-order valence-electron chi connectivity index (χ3n) is 3.82. The number of hydrogen-bond donors (Lipinski definition) is 1. The molecule has 94 valence electrons. The van der Waals surface area contributed by atoms with Gasteiger partial charge in [0.2, 0.25) is 0 Å². The molecule has 0 spiro atoms. The monoisotopic (exact) mass is 246 g/mol. The quantitative estimate of drug-likeness (QED) is 0.882. The van der Waals surface area contributed by atoms with Crippen LogP contribution in [0, 0.1) is 23.1 Å². The first-order chi connectivity index (χ1) is 8.59. The van der Waals surface area contributed by atoms with Gasteiger partial charge in [0.1, 0.15) is 5.82 Å². The maximum absolute atomic E-state index is 13.3. The van der Waals surface area contributed by atoms with E-state index in [1.807, 2.05) is 6.07 Å². The summed E-state index contributed by atoms with van der Waals surface area (Å²) < 4.78 is 13.3. The van der Waals surface area contributed by atoms with Crippen molar-refractivity contribution in [3.63, 3.8) is 0 Å². The molecule has 18 heavy (non-hydrogen) atoms. The average molecular weight is 246 g/mol. The minimum Gasteiger partial charge on any atom is -0.387 e. The lowest BCUT2D eigenvalue weighted by Gasteiger charge is -2.47. The molecule has 0 radical (unpaired) electrons. The molecule has 2 aliphatic rings. The molecule has 1 saturated carbocycles. The molecule has 2 fully saturated rings. The number of rotatable bonds is 3. The van der Waals surface area contributed by atoms with E-state index in [-0.39, 0.29) is 5.82 Å². The number of aliphatic hydroxyl groups is 1. The molecule has 3 nitrogen and oxygen atoms in total. The van der Waals surface area contributed by atoms with Crippen molar-refractivity contribution >= 4 is 0 Å². The van der Waals surface area contributed by atoms with Gasteiger partial charge < -0.3 is 5.11 Å². The maximum atomic E-state index is 13.3. The van der Waals surface area contributed by atoms with Crippen molar-refractivity contribution in [2.45, 2.75) is 25.0 Å². The van der Waals surface area contributed by atoms with Gasteiger partial charge in [-0.1, -0.05) is 0 Å². The second-order valence-electron chi connectivity index (χ2n) is 5.48. The molecule has 0 unspecified atom stereocenters. The van der Waals surface area contributed by atoms with Gasteiger partial charge in [0.15, 0.2) is 0 Å². The molecule has 0 bridgehead atoms. The minimum atomic E-state index is -0.509. The van der Waals surface area contributed by atoms with E-state index in [0.29, 0.717) is 31.1 Å². The van der Waals surface area contributed by atoms with Gasteiger partial charge in [-0.3, -0.25) is 4.90 Å². The first kappa shape index (κ1) is 11.6. The summed E-state index contributed by atoms with van der Waals surface area (Å²) >= 11 is 0. The maximum Gasteiger partial charge on any atom is 0.124 e. The predicted octanol–water partition coefficient (Wildman–Crippen LogP) is 1.65. The summed E-state index contributed by atoms with van der Waals surface area (Å²) in [7, 11) is 0. The van der Waals surface area contributed by atoms with Crippen LogP contribution in [0.4, 0.5) is 4.39 Å². The summed E-state index contributed by atoms with van der Waals surface area (Å²) in [4.78, 5) is 2.09. The lowest BCUT2D eigenvalue weighted by atomic mass is 9.88. The highest BCUT2D eigenvalue weighted by Crippen LogP contribution is 2.44. The van der Waals surface area contributed by atoms with Crippen molar-refractivity contribution in [1.82, 2.24) is 4.90 Å². The molecule has 1 aromatic carbocycles. The van der Waals surface area contributed by atoms with E-state index < -0.39 is 5.60 Å². The Morgan fingerprint density at radius 3 is 2.72 bits per heavy atom. The van der Waals surface area contributed by atoms with Gasteiger partial charge in [-0.2, -0.15) is 5.26 Å². The van der Waals surface area contributed by atoms with Gasteiger partial charge in [0, 0.05) is 19.6 Å². The van der Waals surface area contributed by atoms with Crippen LogP contribution in [0.25, 0.3) is 0 Å². The van der Waals surface area contributed by atoms with E-state index in [2.05, 4.69) is 4.90 Å². The Bertz CT molecular complexity index is 513. The summed E-state index contributed by atoms with van der Waals surface area (Å²) in [5, 5.41) is 19.0. The van der Waals surface area contributed by atoms with Crippen LogP contribution in [0.5, 0.6) is 0 Å². The van der Waals surface area contributed by atoms with Crippen molar-refractivity contribution in [2.75, 3.05) is 13.1 Å². The van der Waals surface area contributed by atoms with Gasteiger partial charge in [0.25, 0.3) is 0 Å². The van der Waals surface area contributed by atoms with Crippen molar-refractivity contribution in [1.29, 1.82) is 5.26 Å². The van der Waals surface area contributed by atoms with Crippen LogP contribution in [0.2, 0.25) is 0 Å². The Morgan fingerprint density at radius 1 is 1.39 bits per heavy atom. The largest absolute Gasteiger partial charge is 0.387 e. The van der Waals surface area contributed by atoms with E-state index in [9.17, 15) is 9.50 Å². The van der Waals surface area contributed by atoms with E-state index in [4.69, 9.17) is 5.26 Å². The zero-order valence-corrected chi connectivity index (χ0v) is 10.1. The third-order valence-corrected chi connectivity index (χ3v) is 3.82. The Morgan fingerprint density at radius 2 is 2.11 bits per heavy atom. The Kier molecular flexibility index (Phi) is 2.61. The summed E-state index contributed by atoms with van der Waals surface area (Å²) in [5.74, 6) is 0.0953. The summed E-state index contributed by atoms with van der Waals surface area (Å²) in [5.41, 5.74) is 0.637. The molecule has 0 amide bonds. The fourth-order valence-electron chi connectivity index (χ4n) is 2.78. The van der Waals surface area contributed by atoms with E-state index in [1.165, 1.54) is 12.1 Å². The van der Waals surface area contributed by atoms with Crippen LogP contribution in [0.3, 0.4) is 0 Å². The van der Waals surface area contributed by atoms with E-state index >= 15 is 0 Å². The second kappa shape index (κ2) is 4.04. The molecule has 1 saturated heterocycles. The van der Waals surface area contributed by atoms with Crippen LogP contribution in [0.15, 0.2) is 18.2 Å². The minimum absolute atomic E-state index is 0.350. The first-order valence-corrected chi connectivity index (χ1v) is 6.23. The molecule has 1 aliphatic heterocycles. The third kappa shape index (κ3) is 2.12. The standard InChI is InChI=1S/C14H15FN2O/c15-13-4-10(6-16)3-11(5-13)7-17-8-14(18,9-17)12-1-2-12/h3-5,12,18H,1-2,7-9H2. The number of nitriles is 1. The van der Waals surface area contributed by atoms with E-state index in [0.717, 1.165) is 18.4 Å². The molecule has 1 heterocycles. The zero-order valence-electron chi connectivity index (χ0n) is 10.1. The van der Waals surface area contributed by atoms with Crippen LogP contribution in [0.1, 0.15) is 24.0 Å². The summed E-state index contributed by atoms with van der Waals surface area (Å²) in [6, 6.07) is 6.35. The number of β-amino-alcohol motifs (C(OH)–C–C–N with tert-alkyl or cyclic N) is 1. The van der Waals surface area contributed by atoms with Gasteiger partial charge in [0.05, 0.1) is 17.2 Å². The fourth-order valence-corrected chi connectivity index (χ4v) is 2.78. The summed E-state index contributed by atoms with van der Waals surface area (Å²) in [6.07, 6.45) is 2.26. The van der Waals surface area contributed by atoms with Gasteiger partial charge >= 0.3 is 0 Å². The highest BCUT2D eigenvalue weighted by atomic mass is 19.1. The van der Waals surface area contributed by atoms with Crippen molar-refractivity contribution < 1.29 is 9.50 Å². The van der Waals surface area contributed by atoms with Crippen LogP contribution in [-0.4, -0.2) is 28.7 Å². The number of nitrogens with zero attached hydrogens (tertiary/aromatic N) is 2. The van der Waals surface area contributed by atoms with E-state index in [1.54, 1.807) is 6.07 Å². The topological polar surface area (TPSA) is 47.3 Å². The highest BCUT2D eigenvalue weighted by molar-refractivity contribution is 5.33. The van der Waals surface area contributed by atoms with Crippen LogP contribution >= 0.6 is 0 Å². The predicted molar refractivity (Wildman–Crippen MR) is 64.1 cm³/mol. The molecule has 0 aromatic heterocycles. The van der Waals surface area contributed by atoms with Crippen LogP contribution in [-0.2, 0) is 6.54 Å². The lowest BCUT2D eigenvalue weighted by molar-refractivity contribution is -0.116. The van der Waals surface area contributed by atoms with Gasteiger partial charge in [-0.15, -0.1) is 0 Å². The number of hydrogen-bond acceptors (Lipinski definition) is 3. The van der Waals surface area contributed by atoms with Crippen LogP contribution < -0.4 is 0 Å². The molecular weight excluding hydrogens is 231 g/mol. The second-order valence-corrected chi connectivity index (χ2v) is 5.48. The highest BCUT2D eigenvalue weighted by Gasteiger charge is 2.51. The van der Waals surface area contributed by atoms with Crippen molar-refractivity contribution in [2.24, 2.45) is 5.92 Å². The first-order valence-electron chi connectivity index (χ1n) is 6.23. The molecule has 3 rings (SSSR count). The lowest BCUT2D eigenvalue weighted by Crippen LogP contribution is -2.62. The average Bonchev–Trinajstić information content (AvgIpc) is 3.09. The zero-order chi connectivity index (χ0) is 12.8. The number of likely N-dealkylation sites (tertiary alicyclic amines) is 1. The Hall–Kier alpha value is -1.44. The molecular formula is C14H15FN2O. The molecule has 1 N–H and O–H groups in total. The SMILES string of the molecule is N#Cc1cc(F)cc(CN2CC(O)(C3CC3)C2)c1. The normalized spacial score (nSPS) is 22.3. The Labute approximate surface area is 105 Å². The smallest absolute Gasteiger partial charge is 0.124 e. The number of halogens is 1. The summed E-state index contributed by atoms with van der Waals surface area (Å²) in [6.45, 7) is 1.92. The molecule has 0 atom stereocenters. The fraction of sp³-hybridized carbons (Fsp3) is 0.500. The van der Waals surface area contributed by atoms with Crippen molar-refractivity contribution in [3.8, 4) is 6.07 Å². The number of benzene rings is 1. The van der Waals surface area contributed by atoms with Crippen molar-refractivity contribution in [3.05, 3.63) is 35.1 Å². The molecule has 1 aromatic rings. The van der Waals surface area contributed by atoms with Gasteiger partial charge in [-0.25, -0.2) is 4.39 Å². The molecule has 1 aliphatic carbocycles. The van der Waals surface area contributed by atoms with Gasteiger partial charge in [-0.05, 0) is 42.5 Å².